The Hall–Kier alpha value is -3.09. The monoisotopic (exact) mass is 475 g/mol. The van der Waals surface area contributed by atoms with Crippen LogP contribution in [0.5, 0.6) is 0 Å². The van der Waals surface area contributed by atoms with Crippen molar-refractivity contribution in [3.63, 3.8) is 0 Å². The summed E-state index contributed by atoms with van der Waals surface area (Å²) in [7, 11) is 0. The number of aromatic amines is 1. The normalized spacial score (nSPS) is 19.1. The van der Waals surface area contributed by atoms with Crippen LogP contribution < -0.4 is 5.32 Å². The largest absolute Gasteiger partial charge is 0.307 e. The Morgan fingerprint density at radius 1 is 1.00 bits per heavy atom. The summed E-state index contributed by atoms with van der Waals surface area (Å²) in [5.41, 5.74) is 6.04. The van der Waals surface area contributed by atoms with Crippen LogP contribution in [0.3, 0.4) is 0 Å². The Morgan fingerprint density at radius 2 is 1.74 bits per heavy atom. The van der Waals surface area contributed by atoms with Crippen LogP contribution in [0, 0.1) is 5.82 Å². The minimum Gasteiger partial charge on any atom is -0.307 e. The number of H-pyrrole nitrogens is 1. The molecule has 1 atom stereocenters. The van der Waals surface area contributed by atoms with Gasteiger partial charge in [0.05, 0.1) is 5.69 Å². The molecular formula is C27H27ClFN5. The third-order valence-electron chi connectivity index (χ3n) is 6.74. The maximum Gasteiger partial charge on any atom is 0.123 e. The van der Waals surface area contributed by atoms with E-state index in [1.807, 2.05) is 42.5 Å². The first-order valence-corrected chi connectivity index (χ1v) is 12.1. The Labute approximate surface area is 203 Å². The van der Waals surface area contributed by atoms with Gasteiger partial charge < -0.3 is 5.32 Å². The molecule has 5 rings (SSSR count). The Bertz CT molecular complexity index is 1220. The molecule has 2 aromatic carbocycles. The summed E-state index contributed by atoms with van der Waals surface area (Å²) in [5.74, 6) is 0.172. The van der Waals surface area contributed by atoms with Crippen molar-refractivity contribution in [3.8, 4) is 22.5 Å². The van der Waals surface area contributed by atoms with E-state index < -0.39 is 0 Å². The van der Waals surface area contributed by atoms with Gasteiger partial charge in [-0.15, -0.1) is 0 Å². The molecule has 5 nitrogen and oxygen atoms in total. The molecule has 7 heteroatoms. The van der Waals surface area contributed by atoms with E-state index in [0.717, 1.165) is 59.5 Å². The van der Waals surface area contributed by atoms with E-state index >= 15 is 0 Å². The highest BCUT2D eigenvalue weighted by Crippen LogP contribution is 2.41. The van der Waals surface area contributed by atoms with Gasteiger partial charge in [-0.1, -0.05) is 35.9 Å². The lowest BCUT2D eigenvalue weighted by Gasteiger charge is -2.31. The lowest BCUT2D eigenvalue weighted by Crippen LogP contribution is -2.34. The highest BCUT2D eigenvalue weighted by molar-refractivity contribution is 6.30. The van der Waals surface area contributed by atoms with E-state index in [9.17, 15) is 4.39 Å². The predicted octanol–water partition coefficient (Wildman–Crippen LogP) is 6.70. The summed E-state index contributed by atoms with van der Waals surface area (Å²) in [4.78, 5) is 8.63. The minimum absolute atomic E-state index is 0.183. The molecule has 1 aliphatic carbocycles. The van der Waals surface area contributed by atoms with Crippen LogP contribution in [0.2, 0.25) is 5.02 Å². The van der Waals surface area contributed by atoms with Gasteiger partial charge in [-0.3, -0.25) is 5.10 Å². The molecule has 2 aromatic heterocycles. The van der Waals surface area contributed by atoms with Crippen molar-refractivity contribution in [3.05, 3.63) is 89.2 Å². The number of nitrogens with one attached hydrogen (secondary N) is 2. The van der Waals surface area contributed by atoms with Crippen molar-refractivity contribution in [1.29, 1.82) is 0 Å². The minimum atomic E-state index is -0.200. The van der Waals surface area contributed by atoms with Crippen molar-refractivity contribution in [2.45, 2.75) is 50.6 Å². The van der Waals surface area contributed by atoms with E-state index in [2.05, 4.69) is 27.3 Å². The molecule has 0 amide bonds. The van der Waals surface area contributed by atoms with Gasteiger partial charge in [0.2, 0.25) is 0 Å². The van der Waals surface area contributed by atoms with E-state index in [-0.39, 0.29) is 11.9 Å². The zero-order chi connectivity index (χ0) is 23.5. The number of nitrogens with zero attached hydrogens (tertiary/aromatic N) is 3. The van der Waals surface area contributed by atoms with Gasteiger partial charge in [0.25, 0.3) is 0 Å². The molecule has 0 saturated heterocycles. The smallest absolute Gasteiger partial charge is 0.123 e. The van der Waals surface area contributed by atoms with Crippen LogP contribution in [-0.2, 0) is 0 Å². The third kappa shape index (κ3) is 4.88. The van der Waals surface area contributed by atoms with Crippen LogP contribution in [0.15, 0.2) is 67.1 Å². The van der Waals surface area contributed by atoms with Gasteiger partial charge in [-0.25, -0.2) is 14.4 Å². The number of aromatic nitrogens is 4. The van der Waals surface area contributed by atoms with E-state index in [4.69, 9.17) is 16.7 Å². The van der Waals surface area contributed by atoms with Gasteiger partial charge >= 0.3 is 0 Å². The van der Waals surface area contributed by atoms with Crippen molar-refractivity contribution in [2.75, 3.05) is 0 Å². The number of benzene rings is 2. The molecule has 2 N–H and O–H groups in total. The van der Waals surface area contributed by atoms with Crippen LogP contribution in [0.25, 0.3) is 22.5 Å². The molecule has 174 valence electrons. The zero-order valence-corrected chi connectivity index (χ0v) is 19.8. The lowest BCUT2D eigenvalue weighted by molar-refractivity contribution is 0.319. The molecule has 34 heavy (non-hydrogen) atoms. The molecule has 1 aliphatic rings. The number of hydrogen-bond acceptors (Lipinski definition) is 4. The fraction of sp³-hybridized carbons (Fsp3) is 0.296. The molecular weight excluding hydrogens is 449 g/mol. The molecule has 0 spiro atoms. The zero-order valence-electron chi connectivity index (χ0n) is 19.0. The Kier molecular flexibility index (Phi) is 6.70. The molecule has 0 bridgehead atoms. The topological polar surface area (TPSA) is 66.5 Å². The van der Waals surface area contributed by atoms with Crippen molar-refractivity contribution in [1.82, 2.24) is 25.5 Å². The second kappa shape index (κ2) is 10.0. The Morgan fingerprint density at radius 3 is 2.41 bits per heavy atom. The number of hydrogen-bond donors (Lipinski definition) is 2. The second-order valence-electron chi connectivity index (χ2n) is 8.95. The third-order valence-corrected chi connectivity index (χ3v) is 6.99. The summed E-state index contributed by atoms with van der Waals surface area (Å²) in [6, 6.07) is 17.1. The SMILES string of the molecule is CC(NC1CCC(c2[nH]nc(-c3ccc(Cl)cc3)c2-c2ccncn2)CC1)c1ccc(F)cc1. The van der Waals surface area contributed by atoms with Gasteiger partial charge in [0.1, 0.15) is 17.8 Å². The summed E-state index contributed by atoms with van der Waals surface area (Å²) in [6.07, 6.45) is 7.57. The van der Waals surface area contributed by atoms with E-state index in [1.165, 1.54) is 12.1 Å². The molecule has 0 radical (unpaired) electrons. The van der Waals surface area contributed by atoms with Crippen LogP contribution in [0.4, 0.5) is 4.39 Å². The summed E-state index contributed by atoms with van der Waals surface area (Å²) in [6.45, 7) is 2.14. The van der Waals surface area contributed by atoms with Crippen molar-refractivity contribution < 1.29 is 4.39 Å². The summed E-state index contributed by atoms with van der Waals surface area (Å²) in [5, 5.41) is 12.5. The standard InChI is InChI=1S/C27H27ClFN5/c1-17(18-4-10-22(29)11-5-18)32-23-12-6-20(7-13-23)27-25(24-14-15-30-16-31-24)26(33-34-27)19-2-8-21(28)9-3-19/h2-5,8-11,14-17,20,23,32H,6-7,12-13H2,1H3,(H,33,34). The molecule has 1 saturated carbocycles. The Balaban J connectivity index is 1.34. The van der Waals surface area contributed by atoms with Gasteiger partial charge in [0, 0.05) is 46.0 Å². The number of halogens is 2. The molecule has 1 unspecified atom stereocenters. The fourth-order valence-electron chi connectivity index (χ4n) is 4.92. The average Bonchev–Trinajstić information content (AvgIpc) is 3.31. The highest BCUT2D eigenvalue weighted by Gasteiger charge is 2.29. The van der Waals surface area contributed by atoms with Crippen molar-refractivity contribution in [2.24, 2.45) is 0 Å². The highest BCUT2D eigenvalue weighted by atomic mass is 35.5. The maximum atomic E-state index is 13.3. The molecule has 1 fully saturated rings. The van der Waals surface area contributed by atoms with Gasteiger partial charge in [0.15, 0.2) is 0 Å². The first kappa shape index (κ1) is 22.7. The quantitative estimate of drug-likeness (QED) is 0.325. The van der Waals surface area contributed by atoms with E-state index in [1.54, 1.807) is 12.5 Å². The van der Waals surface area contributed by atoms with Crippen molar-refractivity contribution >= 4 is 11.6 Å². The van der Waals surface area contributed by atoms with Crippen LogP contribution >= 0.6 is 11.6 Å². The summed E-state index contributed by atoms with van der Waals surface area (Å²) >= 11 is 6.11. The first-order valence-electron chi connectivity index (χ1n) is 11.7. The predicted molar refractivity (Wildman–Crippen MR) is 133 cm³/mol. The summed E-state index contributed by atoms with van der Waals surface area (Å²) < 4.78 is 13.3. The first-order chi connectivity index (χ1) is 16.6. The van der Waals surface area contributed by atoms with Gasteiger partial charge in [-0.2, -0.15) is 5.10 Å². The van der Waals surface area contributed by atoms with Crippen LogP contribution in [-0.4, -0.2) is 26.2 Å². The van der Waals surface area contributed by atoms with Gasteiger partial charge in [-0.05, 0) is 68.5 Å². The lowest BCUT2D eigenvalue weighted by atomic mass is 9.81. The maximum absolute atomic E-state index is 13.3. The molecule has 2 heterocycles. The molecule has 0 aliphatic heterocycles. The number of rotatable bonds is 6. The van der Waals surface area contributed by atoms with E-state index in [0.29, 0.717) is 17.0 Å². The second-order valence-corrected chi connectivity index (χ2v) is 9.39. The van der Waals surface area contributed by atoms with Crippen LogP contribution in [0.1, 0.15) is 55.8 Å². The fourth-order valence-corrected chi connectivity index (χ4v) is 5.04. The molecule has 4 aromatic rings. The average molecular weight is 476 g/mol.